The molecule has 1 aromatic rings. The molecule has 0 aliphatic heterocycles. The summed E-state index contributed by atoms with van der Waals surface area (Å²) >= 11 is 0. The molecule has 5 heteroatoms. The van der Waals surface area contributed by atoms with Crippen molar-refractivity contribution in [3.63, 3.8) is 0 Å². The Hall–Kier alpha value is -0.970. The third-order valence-corrected chi connectivity index (χ3v) is 1.99. The number of ether oxygens (including phenoxy) is 1. The maximum absolute atomic E-state index is 9.59. The fraction of sp³-hybridized carbons (Fsp3) is 0.400. The summed E-state index contributed by atoms with van der Waals surface area (Å²) in [6.45, 7) is 0.450. The summed E-state index contributed by atoms with van der Waals surface area (Å²) in [5, 5.41) is 21.9. The summed E-state index contributed by atoms with van der Waals surface area (Å²) < 4.78 is 4.89. The minimum absolute atomic E-state index is 0. The summed E-state index contributed by atoms with van der Waals surface area (Å²) in [6.07, 6.45) is -0.614. The number of aliphatic hydroxyl groups excluding tert-OH is 1. The average molecular weight is 234 g/mol. The second-order valence-electron chi connectivity index (χ2n) is 3.00. The lowest BCUT2D eigenvalue weighted by Crippen LogP contribution is -2.16. The van der Waals surface area contributed by atoms with E-state index in [1.165, 1.54) is 13.2 Å². The standard InChI is InChI=1S/C10H15NO3.ClH/c1-11-6-9(13)7-3-4-10(14-2)8(12)5-7;/h3-5,9,11-13H,6H2,1-2H3;1H. The fourth-order valence-corrected chi connectivity index (χ4v) is 1.23. The first kappa shape index (κ1) is 14.0. The molecule has 0 aliphatic carbocycles. The Labute approximate surface area is 95.3 Å². The molecule has 3 N–H and O–H groups in total. The second kappa shape index (κ2) is 6.50. The number of halogens is 1. The third kappa shape index (κ3) is 3.58. The molecule has 0 fully saturated rings. The fourth-order valence-electron chi connectivity index (χ4n) is 1.23. The number of rotatable bonds is 4. The van der Waals surface area contributed by atoms with Crippen LogP contribution in [0.5, 0.6) is 11.5 Å². The van der Waals surface area contributed by atoms with Gasteiger partial charge in [0.05, 0.1) is 13.2 Å². The Balaban J connectivity index is 0.00000196. The van der Waals surface area contributed by atoms with E-state index in [1.807, 2.05) is 0 Å². The van der Waals surface area contributed by atoms with Crippen LogP contribution in [-0.4, -0.2) is 30.9 Å². The van der Waals surface area contributed by atoms with E-state index < -0.39 is 6.10 Å². The maximum atomic E-state index is 9.59. The van der Waals surface area contributed by atoms with E-state index in [0.717, 1.165) is 0 Å². The van der Waals surface area contributed by atoms with Crippen LogP contribution in [0.25, 0.3) is 0 Å². The molecule has 15 heavy (non-hydrogen) atoms. The zero-order valence-corrected chi connectivity index (χ0v) is 9.54. The number of hydrogen-bond acceptors (Lipinski definition) is 4. The van der Waals surface area contributed by atoms with Crippen molar-refractivity contribution >= 4 is 12.4 Å². The number of aromatic hydroxyl groups is 1. The number of phenols is 1. The number of aliphatic hydroxyl groups is 1. The van der Waals surface area contributed by atoms with E-state index in [4.69, 9.17) is 4.74 Å². The minimum Gasteiger partial charge on any atom is -0.504 e. The summed E-state index contributed by atoms with van der Waals surface area (Å²) in [5.41, 5.74) is 0.664. The van der Waals surface area contributed by atoms with Crippen molar-refractivity contribution in [2.75, 3.05) is 20.7 Å². The molecular weight excluding hydrogens is 218 g/mol. The molecule has 1 rings (SSSR count). The zero-order valence-electron chi connectivity index (χ0n) is 8.73. The molecule has 0 amide bonds. The molecule has 0 bridgehead atoms. The number of methoxy groups -OCH3 is 1. The summed E-state index contributed by atoms with van der Waals surface area (Å²) in [6, 6.07) is 4.85. The van der Waals surface area contributed by atoms with Crippen LogP contribution in [0.3, 0.4) is 0 Å². The molecule has 86 valence electrons. The van der Waals surface area contributed by atoms with E-state index in [1.54, 1.807) is 19.2 Å². The molecule has 1 atom stereocenters. The molecule has 0 spiro atoms. The van der Waals surface area contributed by atoms with E-state index in [-0.39, 0.29) is 18.2 Å². The van der Waals surface area contributed by atoms with Gasteiger partial charge in [0.1, 0.15) is 0 Å². The maximum Gasteiger partial charge on any atom is 0.160 e. The third-order valence-electron chi connectivity index (χ3n) is 1.99. The summed E-state index contributed by atoms with van der Waals surface area (Å²) in [4.78, 5) is 0. The number of likely N-dealkylation sites (N-methyl/N-ethyl adjacent to an activating group) is 1. The van der Waals surface area contributed by atoms with Crippen LogP contribution in [0.2, 0.25) is 0 Å². The van der Waals surface area contributed by atoms with Gasteiger partial charge in [-0.3, -0.25) is 0 Å². The molecule has 0 heterocycles. The first-order chi connectivity index (χ1) is 6.69. The summed E-state index contributed by atoms with van der Waals surface area (Å²) in [7, 11) is 3.24. The molecule has 1 aromatic carbocycles. The van der Waals surface area contributed by atoms with Crippen LogP contribution in [0.15, 0.2) is 18.2 Å². The quantitative estimate of drug-likeness (QED) is 0.728. The van der Waals surface area contributed by atoms with Gasteiger partial charge in [0.15, 0.2) is 11.5 Å². The second-order valence-corrected chi connectivity index (χ2v) is 3.00. The number of benzene rings is 1. The normalized spacial score (nSPS) is 11.7. The van der Waals surface area contributed by atoms with Crippen LogP contribution in [0.1, 0.15) is 11.7 Å². The monoisotopic (exact) mass is 233 g/mol. The largest absolute Gasteiger partial charge is 0.504 e. The number of phenolic OH excluding ortho intramolecular Hbond substituents is 1. The Morgan fingerprint density at radius 1 is 1.47 bits per heavy atom. The van der Waals surface area contributed by atoms with Crippen LogP contribution in [-0.2, 0) is 0 Å². The smallest absolute Gasteiger partial charge is 0.160 e. The van der Waals surface area contributed by atoms with E-state index in [0.29, 0.717) is 17.9 Å². The Kier molecular flexibility index (Phi) is 6.08. The van der Waals surface area contributed by atoms with Gasteiger partial charge in [-0.1, -0.05) is 6.07 Å². The van der Waals surface area contributed by atoms with Crippen LogP contribution in [0.4, 0.5) is 0 Å². The zero-order chi connectivity index (χ0) is 10.6. The van der Waals surface area contributed by atoms with Crippen LogP contribution >= 0.6 is 12.4 Å². The lowest BCUT2D eigenvalue weighted by Gasteiger charge is -2.11. The number of nitrogens with one attached hydrogen (secondary N) is 1. The topological polar surface area (TPSA) is 61.7 Å². The predicted octanol–water partition coefficient (Wildman–Crippen LogP) is 1.08. The minimum atomic E-state index is -0.614. The van der Waals surface area contributed by atoms with Gasteiger partial charge in [-0.15, -0.1) is 12.4 Å². The Morgan fingerprint density at radius 2 is 2.13 bits per heavy atom. The van der Waals surface area contributed by atoms with Gasteiger partial charge in [-0.2, -0.15) is 0 Å². The first-order valence-corrected chi connectivity index (χ1v) is 4.38. The van der Waals surface area contributed by atoms with Crippen molar-refractivity contribution in [2.24, 2.45) is 0 Å². The van der Waals surface area contributed by atoms with Crippen molar-refractivity contribution < 1.29 is 14.9 Å². The highest BCUT2D eigenvalue weighted by Crippen LogP contribution is 2.28. The van der Waals surface area contributed by atoms with Crippen molar-refractivity contribution in [3.8, 4) is 11.5 Å². The van der Waals surface area contributed by atoms with Gasteiger partial charge < -0.3 is 20.3 Å². The molecule has 0 aromatic heterocycles. The van der Waals surface area contributed by atoms with Crippen LogP contribution in [0, 0.1) is 0 Å². The van der Waals surface area contributed by atoms with Gasteiger partial charge in [-0.05, 0) is 24.7 Å². The van der Waals surface area contributed by atoms with Crippen molar-refractivity contribution in [1.29, 1.82) is 0 Å². The van der Waals surface area contributed by atoms with Crippen molar-refractivity contribution in [3.05, 3.63) is 23.8 Å². The predicted molar refractivity (Wildman–Crippen MR) is 60.8 cm³/mol. The van der Waals surface area contributed by atoms with Gasteiger partial charge in [-0.25, -0.2) is 0 Å². The van der Waals surface area contributed by atoms with E-state index in [9.17, 15) is 10.2 Å². The first-order valence-electron chi connectivity index (χ1n) is 4.38. The highest BCUT2D eigenvalue weighted by molar-refractivity contribution is 5.85. The lowest BCUT2D eigenvalue weighted by atomic mass is 10.1. The number of hydrogen-bond donors (Lipinski definition) is 3. The van der Waals surface area contributed by atoms with Gasteiger partial charge >= 0.3 is 0 Å². The molecule has 0 saturated carbocycles. The van der Waals surface area contributed by atoms with Gasteiger partial charge in [0.25, 0.3) is 0 Å². The highest BCUT2D eigenvalue weighted by atomic mass is 35.5. The average Bonchev–Trinajstić information content (AvgIpc) is 2.18. The van der Waals surface area contributed by atoms with Crippen molar-refractivity contribution in [2.45, 2.75) is 6.10 Å². The molecule has 0 saturated heterocycles. The molecular formula is C10H16ClNO3. The van der Waals surface area contributed by atoms with Gasteiger partial charge in [0.2, 0.25) is 0 Å². The molecule has 0 radical (unpaired) electrons. The molecule has 1 unspecified atom stereocenters. The van der Waals surface area contributed by atoms with E-state index >= 15 is 0 Å². The molecule has 4 nitrogen and oxygen atoms in total. The summed E-state index contributed by atoms with van der Waals surface area (Å²) in [5.74, 6) is 0.450. The Morgan fingerprint density at radius 3 is 2.60 bits per heavy atom. The van der Waals surface area contributed by atoms with E-state index in [2.05, 4.69) is 5.32 Å². The van der Waals surface area contributed by atoms with Crippen LogP contribution < -0.4 is 10.1 Å². The Bertz CT molecular complexity index is 307. The molecule has 0 aliphatic rings. The SMILES string of the molecule is CNCC(O)c1ccc(OC)c(O)c1.Cl. The highest BCUT2D eigenvalue weighted by Gasteiger charge is 2.09. The van der Waals surface area contributed by atoms with Gasteiger partial charge in [0, 0.05) is 6.54 Å². The lowest BCUT2D eigenvalue weighted by molar-refractivity contribution is 0.177. The van der Waals surface area contributed by atoms with Crippen molar-refractivity contribution in [1.82, 2.24) is 5.32 Å².